The predicted molar refractivity (Wildman–Crippen MR) is 354 cm³/mol. The summed E-state index contributed by atoms with van der Waals surface area (Å²) in [6.07, 6.45) is 40.3. The van der Waals surface area contributed by atoms with Crippen LogP contribution in [0, 0.1) is 23.7 Å². The van der Waals surface area contributed by atoms with Crippen LogP contribution in [0.1, 0.15) is 338 Å². The number of aliphatic hydroxyl groups is 1. The number of hydrogen-bond acceptors (Lipinski definition) is 15. The fraction of sp³-hybridized carbons (Fsp3) is 0.942. The summed E-state index contributed by atoms with van der Waals surface area (Å²) in [6.45, 7) is 14.1. The normalized spacial score (nSPS) is 14.9. The van der Waals surface area contributed by atoms with Crippen LogP contribution in [0.25, 0.3) is 0 Å². The van der Waals surface area contributed by atoms with Crippen LogP contribution >= 0.6 is 15.6 Å². The van der Waals surface area contributed by atoms with Crippen molar-refractivity contribution in [1.82, 2.24) is 0 Å². The summed E-state index contributed by atoms with van der Waals surface area (Å²) in [5, 5.41) is 10.6. The zero-order chi connectivity index (χ0) is 65.4. The molecule has 0 aliphatic heterocycles. The maximum atomic E-state index is 13.0. The highest BCUT2D eigenvalue weighted by atomic mass is 31.2. The Kier molecular flexibility index (Phi) is 57.6. The Morgan fingerprint density at radius 2 is 0.545 bits per heavy atom. The van der Waals surface area contributed by atoms with E-state index in [4.69, 9.17) is 37.0 Å². The van der Waals surface area contributed by atoms with Crippen LogP contribution in [-0.2, 0) is 65.4 Å². The molecule has 3 N–H and O–H groups in total. The van der Waals surface area contributed by atoms with Gasteiger partial charge in [-0.1, -0.05) is 287 Å². The summed E-state index contributed by atoms with van der Waals surface area (Å²) in [5.41, 5.74) is 0. The van der Waals surface area contributed by atoms with Crippen LogP contribution in [0.4, 0.5) is 0 Å². The third-order valence-corrected chi connectivity index (χ3v) is 18.4. The first kappa shape index (κ1) is 86.1. The second-order valence-corrected chi connectivity index (χ2v) is 29.3. The molecule has 17 nitrogen and oxygen atoms in total. The fourth-order valence-corrected chi connectivity index (χ4v) is 11.8. The highest BCUT2D eigenvalue weighted by molar-refractivity contribution is 7.47. The number of rotatable bonds is 66. The number of unbranched alkanes of at least 4 members (excludes halogenated alkanes) is 30. The van der Waals surface area contributed by atoms with Gasteiger partial charge in [-0.05, 0) is 49.4 Å². The molecule has 522 valence electrons. The average Bonchev–Trinajstić information content (AvgIpc) is 3.50. The Balaban J connectivity index is 5.26. The summed E-state index contributed by atoms with van der Waals surface area (Å²) in [5.74, 6) is 0.884. The number of phosphoric ester groups is 2. The second kappa shape index (κ2) is 58.8. The van der Waals surface area contributed by atoms with Crippen LogP contribution in [0.3, 0.4) is 0 Å². The quantitative estimate of drug-likeness (QED) is 0.0222. The first-order valence-electron chi connectivity index (χ1n) is 35.8. The first-order chi connectivity index (χ1) is 42.2. The van der Waals surface area contributed by atoms with Gasteiger partial charge in [0.25, 0.3) is 0 Å². The molecule has 0 bridgehead atoms. The molecule has 0 saturated heterocycles. The van der Waals surface area contributed by atoms with E-state index in [2.05, 4.69) is 55.4 Å². The van der Waals surface area contributed by atoms with Gasteiger partial charge in [0.05, 0.1) is 26.4 Å². The van der Waals surface area contributed by atoms with Crippen molar-refractivity contribution in [3.05, 3.63) is 0 Å². The van der Waals surface area contributed by atoms with Gasteiger partial charge in [-0.2, -0.15) is 0 Å². The van der Waals surface area contributed by atoms with Gasteiger partial charge in [-0.3, -0.25) is 37.3 Å². The van der Waals surface area contributed by atoms with Crippen molar-refractivity contribution in [2.75, 3.05) is 39.6 Å². The van der Waals surface area contributed by atoms with Crippen molar-refractivity contribution < 1.29 is 80.2 Å². The van der Waals surface area contributed by atoms with Gasteiger partial charge < -0.3 is 33.8 Å². The minimum Gasteiger partial charge on any atom is -0.462 e. The zero-order valence-corrected chi connectivity index (χ0v) is 59.1. The minimum atomic E-state index is -4.95. The summed E-state index contributed by atoms with van der Waals surface area (Å²) in [4.78, 5) is 72.5. The van der Waals surface area contributed by atoms with Crippen molar-refractivity contribution in [1.29, 1.82) is 0 Å². The smallest absolute Gasteiger partial charge is 0.462 e. The molecule has 0 fully saturated rings. The van der Waals surface area contributed by atoms with Crippen LogP contribution < -0.4 is 0 Å². The standard InChI is InChI=1S/C69H134O17P2/c1-9-61(7)47-39-31-23-15-11-13-17-25-35-43-51-68(73)85-64(55-79-66(71)49-41-33-27-19-21-29-37-45-59(3)4)57-83-87(75,76)81-53-63(70)54-82-88(77,78)84-58-65(56-80-67(72)50-42-34-28-20-22-30-38-46-60(5)6)86-69(74)52-44-36-26-18-14-12-16-24-32-40-48-62(8)10-2/h59-65,70H,9-58H2,1-8H3,(H,75,76)(H,77,78)/t61?,62?,63?,64-,65-/m1/s1. The molecule has 0 radical (unpaired) electrons. The van der Waals surface area contributed by atoms with Crippen molar-refractivity contribution in [2.45, 2.75) is 356 Å². The van der Waals surface area contributed by atoms with Crippen LogP contribution in [-0.4, -0.2) is 96.7 Å². The van der Waals surface area contributed by atoms with E-state index in [9.17, 15) is 43.2 Å². The Morgan fingerprint density at radius 1 is 0.318 bits per heavy atom. The Morgan fingerprint density at radius 3 is 0.807 bits per heavy atom. The second-order valence-electron chi connectivity index (χ2n) is 26.4. The van der Waals surface area contributed by atoms with Crippen molar-refractivity contribution in [3.8, 4) is 0 Å². The van der Waals surface area contributed by atoms with E-state index in [1.165, 1.54) is 128 Å². The number of ether oxygens (including phenoxy) is 4. The number of aliphatic hydroxyl groups excluding tert-OH is 1. The number of esters is 4. The molecule has 0 aromatic carbocycles. The summed E-state index contributed by atoms with van der Waals surface area (Å²) < 4.78 is 68.2. The first-order valence-corrected chi connectivity index (χ1v) is 38.8. The number of phosphoric acid groups is 2. The third-order valence-electron chi connectivity index (χ3n) is 16.5. The molecule has 0 heterocycles. The van der Waals surface area contributed by atoms with Gasteiger partial charge in [0.2, 0.25) is 0 Å². The van der Waals surface area contributed by atoms with Gasteiger partial charge in [0.15, 0.2) is 12.2 Å². The lowest BCUT2D eigenvalue weighted by Crippen LogP contribution is -2.30. The number of carbonyl (C=O) groups is 4. The van der Waals surface area contributed by atoms with Crippen LogP contribution in [0.5, 0.6) is 0 Å². The van der Waals surface area contributed by atoms with Crippen molar-refractivity contribution >= 4 is 39.5 Å². The zero-order valence-electron chi connectivity index (χ0n) is 57.3. The van der Waals surface area contributed by atoms with Gasteiger partial charge in [-0.15, -0.1) is 0 Å². The summed E-state index contributed by atoms with van der Waals surface area (Å²) in [7, 11) is -9.90. The molecule has 0 aromatic heterocycles. The SMILES string of the molecule is CCC(C)CCCCCCCCCCCCC(=O)O[C@H](COC(=O)CCCCCCCCCC(C)C)COP(=O)(O)OCC(O)COP(=O)(O)OC[C@@H](COC(=O)CCCCCCCCCC(C)C)OC(=O)CCCCCCCCCCCCC(C)CC. The van der Waals surface area contributed by atoms with Gasteiger partial charge in [0.1, 0.15) is 19.3 Å². The fourth-order valence-electron chi connectivity index (χ4n) is 10.2. The molecular weight excluding hydrogens is 1160 g/mol. The van der Waals surface area contributed by atoms with Gasteiger partial charge in [0, 0.05) is 25.7 Å². The average molecular weight is 1300 g/mol. The Bertz CT molecular complexity index is 1630. The molecule has 88 heavy (non-hydrogen) atoms. The largest absolute Gasteiger partial charge is 0.472 e. The van der Waals surface area contributed by atoms with E-state index in [1.54, 1.807) is 0 Å². The van der Waals surface area contributed by atoms with E-state index in [0.29, 0.717) is 37.5 Å². The molecular formula is C69H134O17P2. The molecule has 19 heteroatoms. The Hall–Kier alpha value is -1.94. The molecule has 0 saturated carbocycles. The lowest BCUT2D eigenvalue weighted by atomic mass is 9.99. The maximum Gasteiger partial charge on any atom is 0.472 e. The molecule has 0 amide bonds. The highest BCUT2D eigenvalue weighted by Crippen LogP contribution is 2.45. The predicted octanol–water partition coefficient (Wildman–Crippen LogP) is 19.3. The van der Waals surface area contributed by atoms with E-state index in [0.717, 1.165) is 115 Å². The topological polar surface area (TPSA) is 237 Å². The van der Waals surface area contributed by atoms with E-state index >= 15 is 0 Å². The lowest BCUT2D eigenvalue weighted by Gasteiger charge is -2.21. The Labute approximate surface area is 537 Å². The molecule has 6 atom stereocenters. The monoisotopic (exact) mass is 1300 g/mol. The molecule has 0 rings (SSSR count). The van der Waals surface area contributed by atoms with Crippen LogP contribution in [0.15, 0.2) is 0 Å². The molecule has 0 aliphatic rings. The molecule has 0 aliphatic carbocycles. The van der Waals surface area contributed by atoms with Crippen molar-refractivity contribution in [3.63, 3.8) is 0 Å². The highest BCUT2D eigenvalue weighted by Gasteiger charge is 2.30. The molecule has 4 unspecified atom stereocenters. The number of carbonyl (C=O) groups excluding carboxylic acids is 4. The summed E-state index contributed by atoms with van der Waals surface area (Å²) >= 11 is 0. The van der Waals surface area contributed by atoms with Crippen LogP contribution in [0.2, 0.25) is 0 Å². The van der Waals surface area contributed by atoms with E-state index < -0.39 is 97.5 Å². The number of hydrogen-bond donors (Lipinski definition) is 3. The van der Waals surface area contributed by atoms with Gasteiger partial charge in [-0.25, -0.2) is 9.13 Å². The van der Waals surface area contributed by atoms with E-state index in [-0.39, 0.29) is 25.7 Å². The molecule has 0 spiro atoms. The summed E-state index contributed by atoms with van der Waals surface area (Å²) in [6, 6.07) is 0. The lowest BCUT2D eigenvalue weighted by molar-refractivity contribution is -0.161. The van der Waals surface area contributed by atoms with Gasteiger partial charge >= 0.3 is 39.5 Å². The van der Waals surface area contributed by atoms with E-state index in [1.807, 2.05) is 0 Å². The minimum absolute atomic E-state index is 0.105. The molecule has 0 aromatic rings. The maximum absolute atomic E-state index is 13.0. The third kappa shape index (κ3) is 60.3. The van der Waals surface area contributed by atoms with Crippen molar-refractivity contribution in [2.24, 2.45) is 23.7 Å².